The van der Waals surface area contributed by atoms with E-state index >= 15 is 0 Å². The van der Waals surface area contributed by atoms with Crippen molar-refractivity contribution < 1.29 is 13.2 Å². The molecule has 2 heterocycles. The van der Waals surface area contributed by atoms with Gasteiger partial charge in [-0.3, -0.25) is 4.79 Å². The van der Waals surface area contributed by atoms with Gasteiger partial charge in [0.2, 0.25) is 15.9 Å². The molecule has 0 aromatic heterocycles. The van der Waals surface area contributed by atoms with Crippen LogP contribution in [0.3, 0.4) is 0 Å². The number of carbonyl (C=O) groups is 1. The monoisotopic (exact) mass is 289 g/mol. The molecule has 2 fully saturated rings. The Labute approximate surface area is 115 Å². The molecule has 2 aliphatic heterocycles. The first kappa shape index (κ1) is 14.7. The van der Waals surface area contributed by atoms with Crippen molar-refractivity contribution in [2.45, 2.75) is 19.8 Å². The molecular formula is C12H23N3O3S. The molecule has 7 heteroatoms. The Morgan fingerprint density at radius 3 is 2.32 bits per heavy atom. The third-order valence-electron chi connectivity index (χ3n) is 4.11. The molecule has 1 N–H and O–H groups in total. The lowest BCUT2D eigenvalue weighted by Gasteiger charge is -2.40. The molecular weight excluding hydrogens is 266 g/mol. The molecule has 1 unspecified atom stereocenters. The van der Waals surface area contributed by atoms with Gasteiger partial charge in [0.15, 0.2) is 0 Å². The second kappa shape index (κ2) is 5.38. The van der Waals surface area contributed by atoms with E-state index in [9.17, 15) is 13.2 Å². The number of piperidine rings is 1. The molecule has 0 saturated carbocycles. The summed E-state index contributed by atoms with van der Waals surface area (Å²) < 4.78 is 24.3. The lowest BCUT2D eigenvalue weighted by molar-refractivity contribution is -0.143. The minimum absolute atomic E-state index is 0.160. The zero-order chi connectivity index (χ0) is 14.1. The Morgan fingerprint density at radius 2 is 1.84 bits per heavy atom. The van der Waals surface area contributed by atoms with Crippen LogP contribution in [0, 0.1) is 5.41 Å². The highest BCUT2D eigenvalue weighted by molar-refractivity contribution is 7.88. The van der Waals surface area contributed by atoms with E-state index < -0.39 is 10.0 Å². The van der Waals surface area contributed by atoms with Crippen LogP contribution in [0.15, 0.2) is 0 Å². The van der Waals surface area contributed by atoms with Gasteiger partial charge in [0.25, 0.3) is 0 Å². The summed E-state index contributed by atoms with van der Waals surface area (Å²) in [5, 5.41) is 3.27. The molecule has 0 aromatic carbocycles. The fourth-order valence-electron chi connectivity index (χ4n) is 2.84. The van der Waals surface area contributed by atoms with Crippen molar-refractivity contribution in [3.8, 4) is 0 Å². The smallest absolute Gasteiger partial charge is 0.229 e. The topological polar surface area (TPSA) is 69.7 Å². The highest BCUT2D eigenvalue weighted by atomic mass is 32.2. The number of carbonyl (C=O) groups excluding carboxylic acids is 1. The Hall–Kier alpha value is -0.660. The van der Waals surface area contributed by atoms with Crippen LogP contribution in [0.5, 0.6) is 0 Å². The van der Waals surface area contributed by atoms with Crippen LogP contribution in [0.4, 0.5) is 0 Å². The van der Waals surface area contributed by atoms with Gasteiger partial charge in [-0.05, 0) is 26.3 Å². The molecule has 6 nitrogen and oxygen atoms in total. The van der Waals surface area contributed by atoms with Gasteiger partial charge >= 0.3 is 0 Å². The SMILES string of the molecule is CC1(C(=O)N2CCN(S(C)(=O)=O)CC2)CCCNC1. The summed E-state index contributed by atoms with van der Waals surface area (Å²) in [5.41, 5.74) is -0.328. The van der Waals surface area contributed by atoms with Crippen molar-refractivity contribution in [2.75, 3.05) is 45.5 Å². The lowest BCUT2D eigenvalue weighted by Crippen LogP contribution is -2.56. The Kier molecular flexibility index (Phi) is 4.17. The predicted molar refractivity (Wildman–Crippen MR) is 73.2 cm³/mol. The van der Waals surface area contributed by atoms with Gasteiger partial charge in [0.1, 0.15) is 0 Å². The first-order valence-corrected chi connectivity index (χ1v) is 8.63. The average molecular weight is 289 g/mol. The summed E-state index contributed by atoms with van der Waals surface area (Å²) in [6.45, 7) is 5.53. The Bertz CT molecular complexity index is 435. The van der Waals surface area contributed by atoms with E-state index in [0.717, 1.165) is 25.9 Å². The van der Waals surface area contributed by atoms with Crippen LogP contribution in [0.25, 0.3) is 0 Å². The number of rotatable bonds is 2. The van der Waals surface area contributed by atoms with Gasteiger partial charge in [0.05, 0.1) is 11.7 Å². The van der Waals surface area contributed by atoms with Crippen molar-refractivity contribution in [1.29, 1.82) is 0 Å². The molecule has 2 saturated heterocycles. The number of nitrogens with one attached hydrogen (secondary N) is 1. The minimum Gasteiger partial charge on any atom is -0.340 e. The van der Waals surface area contributed by atoms with Crippen LogP contribution in [-0.2, 0) is 14.8 Å². The summed E-state index contributed by atoms with van der Waals surface area (Å²) in [5.74, 6) is 0.160. The summed E-state index contributed by atoms with van der Waals surface area (Å²) >= 11 is 0. The highest BCUT2D eigenvalue weighted by Crippen LogP contribution is 2.28. The third kappa shape index (κ3) is 3.27. The maximum absolute atomic E-state index is 12.5. The van der Waals surface area contributed by atoms with Crippen LogP contribution >= 0.6 is 0 Å². The van der Waals surface area contributed by atoms with Gasteiger partial charge < -0.3 is 10.2 Å². The van der Waals surface area contributed by atoms with Gasteiger partial charge in [-0.2, -0.15) is 4.31 Å². The summed E-state index contributed by atoms with van der Waals surface area (Å²) in [4.78, 5) is 14.4. The molecule has 1 amide bonds. The standard InChI is InChI=1S/C12H23N3O3S/c1-12(4-3-5-13-10-12)11(16)14-6-8-15(9-7-14)19(2,17)18/h13H,3-10H2,1-2H3. The fourth-order valence-corrected chi connectivity index (χ4v) is 3.67. The normalized spacial score (nSPS) is 30.3. The number of hydrogen-bond acceptors (Lipinski definition) is 4. The van der Waals surface area contributed by atoms with Gasteiger partial charge in [0, 0.05) is 32.7 Å². The average Bonchev–Trinajstić information content (AvgIpc) is 2.38. The summed E-state index contributed by atoms with van der Waals surface area (Å²) in [7, 11) is -3.13. The summed E-state index contributed by atoms with van der Waals surface area (Å²) in [6.07, 6.45) is 3.15. The molecule has 2 rings (SSSR count). The number of sulfonamides is 1. The molecule has 0 spiro atoms. The van der Waals surface area contributed by atoms with E-state index in [4.69, 9.17) is 0 Å². The van der Waals surface area contributed by atoms with Gasteiger partial charge in [-0.1, -0.05) is 0 Å². The summed E-state index contributed by atoms with van der Waals surface area (Å²) in [6, 6.07) is 0. The van der Waals surface area contributed by atoms with Crippen molar-refractivity contribution >= 4 is 15.9 Å². The molecule has 2 aliphatic rings. The quantitative estimate of drug-likeness (QED) is 0.743. The first-order chi connectivity index (χ1) is 8.83. The van der Waals surface area contributed by atoms with Gasteiger partial charge in [-0.15, -0.1) is 0 Å². The van der Waals surface area contributed by atoms with Crippen molar-refractivity contribution in [3.05, 3.63) is 0 Å². The van der Waals surface area contributed by atoms with Crippen LogP contribution in [0.1, 0.15) is 19.8 Å². The van der Waals surface area contributed by atoms with Crippen LogP contribution in [0.2, 0.25) is 0 Å². The zero-order valence-corrected chi connectivity index (χ0v) is 12.5. The maximum atomic E-state index is 12.5. The molecule has 1 atom stereocenters. The predicted octanol–water partition coefficient (Wildman–Crippen LogP) is -0.520. The van der Waals surface area contributed by atoms with E-state index in [1.807, 2.05) is 11.8 Å². The van der Waals surface area contributed by atoms with E-state index in [-0.39, 0.29) is 11.3 Å². The molecule has 0 aromatic rings. The van der Waals surface area contributed by atoms with E-state index in [2.05, 4.69) is 5.32 Å². The van der Waals surface area contributed by atoms with Crippen molar-refractivity contribution in [1.82, 2.24) is 14.5 Å². The maximum Gasteiger partial charge on any atom is 0.229 e. The Morgan fingerprint density at radius 1 is 1.21 bits per heavy atom. The molecule has 0 aliphatic carbocycles. The van der Waals surface area contributed by atoms with E-state index in [1.54, 1.807) is 0 Å². The number of piperazine rings is 1. The largest absolute Gasteiger partial charge is 0.340 e. The number of nitrogens with zero attached hydrogens (tertiary/aromatic N) is 2. The van der Waals surface area contributed by atoms with Crippen LogP contribution < -0.4 is 5.32 Å². The van der Waals surface area contributed by atoms with E-state index in [1.165, 1.54) is 10.6 Å². The fraction of sp³-hybridized carbons (Fsp3) is 0.917. The molecule has 0 radical (unpaired) electrons. The molecule has 0 bridgehead atoms. The number of amides is 1. The lowest BCUT2D eigenvalue weighted by atomic mass is 9.81. The third-order valence-corrected chi connectivity index (χ3v) is 5.41. The van der Waals surface area contributed by atoms with E-state index in [0.29, 0.717) is 26.2 Å². The second-order valence-corrected chi connectivity index (χ2v) is 7.78. The minimum atomic E-state index is -3.13. The Balaban J connectivity index is 1.96. The zero-order valence-electron chi connectivity index (χ0n) is 11.7. The first-order valence-electron chi connectivity index (χ1n) is 6.78. The van der Waals surface area contributed by atoms with Crippen molar-refractivity contribution in [2.24, 2.45) is 5.41 Å². The van der Waals surface area contributed by atoms with Gasteiger partial charge in [-0.25, -0.2) is 8.42 Å². The molecule has 19 heavy (non-hydrogen) atoms. The second-order valence-electron chi connectivity index (χ2n) is 5.80. The number of hydrogen-bond donors (Lipinski definition) is 1. The van der Waals surface area contributed by atoms with Crippen LogP contribution in [-0.4, -0.2) is 69.1 Å². The molecule has 110 valence electrons. The highest BCUT2D eigenvalue weighted by Gasteiger charge is 2.39. The van der Waals surface area contributed by atoms with Crippen molar-refractivity contribution in [3.63, 3.8) is 0 Å².